The van der Waals surface area contributed by atoms with E-state index < -0.39 is 15.7 Å². The number of aryl methyl sites for hydroxylation is 2. The van der Waals surface area contributed by atoms with E-state index >= 15 is 0 Å². The summed E-state index contributed by atoms with van der Waals surface area (Å²) in [7, 11) is -3.68. The van der Waals surface area contributed by atoms with E-state index in [9.17, 15) is 13.2 Å². The van der Waals surface area contributed by atoms with E-state index in [0.29, 0.717) is 39.4 Å². The number of benzene rings is 2. The minimum absolute atomic E-state index is 0.176. The normalized spacial score (nSPS) is 13.9. The van der Waals surface area contributed by atoms with Gasteiger partial charge in [0.1, 0.15) is 0 Å². The Bertz CT molecular complexity index is 1250. The van der Waals surface area contributed by atoms with Gasteiger partial charge in [-0.2, -0.15) is 0 Å². The standard InChI is InChI=1S/C23H23ClN2O4S/c1-14-3-8-19(18(24)11-14)26-22(27)9-10-31(28,29)21-12-17(5-4-15(21)2)20-13-25-23(30-20)16-6-7-16/h3-5,8,11-13,16H,6-7,9-10H2,1-2H3,(H,26,27). The monoisotopic (exact) mass is 458 g/mol. The van der Waals surface area contributed by atoms with Crippen LogP contribution in [0.4, 0.5) is 5.69 Å². The number of amides is 1. The topological polar surface area (TPSA) is 89.3 Å². The zero-order valence-electron chi connectivity index (χ0n) is 17.3. The molecule has 0 saturated heterocycles. The summed E-state index contributed by atoms with van der Waals surface area (Å²) in [6, 6.07) is 10.4. The van der Waals surface area contributed by atoms with Crippen molar-refractivity contribution in [3.05, 3.63) is 64.6 Å². The van der Waals surface area contributed by atoms with Crippen molar-refractivity contribution >= 4 is 33.0 Å². The molecule has 162 valence electrons. The smallest absolute Gasteiger partial charge is 0.225 e. The number of hydrogen-bond acceptors (Lipinski definition) is 5. The molecule has 0 spiro atoms. The van der Waals surface area contributed by atoms with Crippen LogP contribution >= 0.6 is 11.6 Å². The van der Waals surface area contributed by atoms with Crippen molar-refractivity contribution in [1.29, 1.82) is 0 Å². The first-order valence-corrected chi connectivity index (χ1v) is 12.1. The first kappa shape index (κ1) is 21.6. The van der Waals surface area contributed by atoms with Crippen LogP contribution in [0, 0.1) is 13.8 Å². The number of oxazole rings is 1. The Morgan fingerprint density at radius 2 is 1.97 bits per heavy atom. The molecule has 1 amide bonds. The summed E-state index contributed by atoms with van der Waals surface area (Å²) < 4.78 is 31.8. The molecular weight excluding hydrogens is 436 g/mol. The maximum atomic E-state index is 13.0. The molecule has 0 atom stereocenters. The second-order valence-corrected chi connectivity index (χ2v) is 10.4. The lowest BCUT2D eigenvalue weighted by Gasteiger charge is -2.11. The number of rotatable bonds is 7. The zero-order valence-corrected chi connectivity index (χ0v) is 18.9. The molecule has 3 aromatic rings. The van der Waals surface area contributed by atoms with Gasteiger partial charge in [0.15, 0.2) is 21.5 Å². The second kappa shape index (κ2) is 8.48. The molecule has 31 heavy (non-hydrogen) atoms. The lowest BCUT2D eigenvalue weighted by molar-refractivity contribution is -0.115. The second-order valence-electron chi connectivity index (χ2n) is 7.92. The largest absolute Gasteiger partial charge is 0.440 e. The molecule has 1 heterocycles. The Kier molecular flexibility index (Phi) is 5.90. The molecule has 1 aliphatic carbocycles. The van der Waals surface area contributed by atoms with Crippen LogP contribution in [0.1, 0.15) is 42.2 Å². The number of anilines is 1. The Labute approximate surface area is 186 Å². The summed E-state index contributed by atoms with van der Waals surface area (Å²) in [6.07, 6.45) is 3.60. The van der Waals surface area contributed by atoms with E-state index in [0.717, 1.165) is 18.4 Å². The minimum atomic E-state index is -3.68. The summed E-state index contributed by atoms with van der Waals surface area (Å²) in [5.74, 6) is 0.906. The molecule has 0 unspecified atom stereocenters. The average molecular weight is 459 g/mol. The first-order valence-electron chi connectivity index (χ1n) is 10.1. The molecule has 1 aliphatic rings. The zero-order chi connectivity index (χ0) is 22.2. The highest BCUT2D eigenvalue weighted by Gasteiger charge is 2.29. The number of hydrogen-bond donors (Lipinski definition) is 1. The van der Waals surface area contributed by atoms with Gasteiger partial charge in [-0.15, -0.1) is 0 Å². The van der Waals surface area contributed by atoms with Gasteiger partial charge in [0, 0.05) is 17.9 Å². The van der Waals surface area contributed by atoms with Crippen molar-refractivity contribution in [2.24, 2.45) is 0 Å². The van der Waals surface area contributed by atoms with Crippen molar-refractivity contribution in [2.75, 3.05) is 11.1 Å². The number of carbonyl (C=O) groups excluding carboxylic acids is 1. The fraction of sp³-hybridized carbons (Fsp3) is 0.304. The van der Waals surface area contributed by atoms with Gasteiger partial charge in [-0.05, 0) is 56.0 Å². The highest BCUT2D eigenvalue weighted by molar-refractivity contribution is 7.91. The number of halogens is 1. The molecule has 4 rings (SSSR count). The fourth-order valence-electron chi connectivity index (χ4n) is 3.30. The summed E-state index contributed by atoms with van der Waals surface area (Å²) in [4.78, 5) is 16.8. The maximum absolute atomic E-state index is 13.0. The lowest BCUT2D eigenvalue weighted by atomic mass is 10.1. The van der Waals surface area contributed by atoms with E-state index in [1.807, 2.05) is 19.1 Å². The van der Waals surface area contributed by atoms with Gasteiger partial charge in [-0.3, -0.25) is 4.79 Å². The molecular formula is C23H23ClN2O4S. The maximum Gasteiger partial charge on any atom is 0.225 e. The number of carbonyl (C=O) groups is 1. The third kappa shape index (κ3) is 4.99. The molecule has 0 bridgehead atoms. The van der Waals surface area contributed by atoms with Crippen molar-refractivity contribution in [2.45, 2.75) is 43.9 Å². The molecule has 6 nitrogen and oxygen atoms in total. The van der Waals surface area contributed by atoms with Crippen LogP contribution < -0.4 is 5.32 Å². The van der Waals surface area contributed by atoms with Gasteiger partial charge in [0.25, 0.3) is 0 Å². The molecule has 1 N–H and O–H groups in total. The Morgan fingerprint density at radius 1 is 1.19 bits per heavy atom. The first-order chi connectivity index (χ1) is 14.7. The fourth-order valence-corrected chi connectivity index (χ4v) is 5.12. The van der Waals surface area contributed by atoms with Crippen molar-refractivity contribution in [1.82, 2.24) is 4.98 Å². The predicted octanol–water partition coefficient (Wildman–Crippen LogP) is 5.29. The van der Waals surface area contributed by atoms with Gasteiger partial charge >= 0.3 is 0 Å². The molecule has 0 radical (unpaired) electrons. The van der Waals surface area contributed by atoms with E-state index in [1.54, 1.807) is 37.4 Å². The van der Waals surface area contributed by atoms with Crippen LogP contribution in [0.5, 0.6) is 0 Å². The van der Waals surface area contributed by atoms with Crippen LogP contribution in [0.3, 0.4) is 0 Å². The molecule has 2 aromatic carbocycles. The van der Waals surface area contributed by atoms with Crippen molar-refractivity contribution in [3.63, 3.8) is 0 Å². The third-order valence-corrected chi connectivity index (χ3v) is 7.42. The molecule has 1 fully saturated rings. The summed E-state index contributed by atoms with van der Waals surface area (Å²) >= 11 is 6.13. The Hall–Kier alpha value is -2.64. The average Bonchev–Trinajstić information content (AvgIpc) is 3.46. The highest BCUT2D eigenvalue weighted by atomic mass is 35.5. The lowest BCUT2D eigenvalue weighted by Crippen LogP contribution is -2.18. The van der Waals surface area contributed by atoms with Crippen molar-refractivity contribution < 1.29 is 17.6 Å². The van der Waals surface area contributed by atoms with E-state index in [-0.39, 0.29) is 17.1 Å². The summed E-state index contributed by atoms with van der Waals surface area (Å²) in [5, 5.41) is 3.09. The van der Waals surface area contributed by atoms with Gasteiger partial charge in [-0.25, -0.2) is 13.4 Å². The molecule has 8 heteroatoms. The molecule has 0 aliphatic heterocycles. The van der Waals surface area contributed by atoms with Crippen LogP contribution in [-0.2, 0) is 14.6 Å². The number of sulfone groups is 1. The number of nitrogens with one attached hydrogen (secondary N) is 1. The summed E-state index contributed by atoms with van der Waals surface area (Å²) in [6.45, 7) is 3.63. The number of aromatic nitrogens is 1. The van der Waals surface area contributed by atoms with Gasteiger partial charge in [-0.1, -0.05) is 29.8 Å². The van der Waals surface area contributed by atoms with Gasteiger partial charge in [0.2, 0.25) is 5.91 Å². The van der Waals surface area contributed by atoms with Crippen molar-refractivity contribution in [3.8, 4) is 11.3 Å². The molecule has 1 aromatic heterocycles. The quantitative estimate of drug-likeness (QED) is 0.519. The molecule has 1 saturated carbocycles. The Morgan fingerprint density at radius 3 is 2.68 bits per heavy atom. The van der Waals surface area contributed by atoms with Crippen LogP contribution in [0.25, 0.3) is 11.3 Å². The summed E-state index contributed by atoms with van der Waals surface area (Å²) in [5.41, 5.74) is 2.70. The minimum Gasteiger partial charge on any atom is -0.440 e. The van der Waals surface area contributed by atoms with E-state index in [2.05, 4.69) is 10.3 Å². The highest BCUT2D eigenvalue weighted by Crippen LogP contribution is 2.40. The SMILES string of the molecule is Cc1ccc(NC(=O)CCS(=O)(=O)c2cc(-c3cnc(C4CC4)o3)ccc2C)c(Cl)c1. The third-order valence-electron chi connectivity index (χ3n) is 5.25. The van der Waals surface area contributed by atoms with Crippen LogP contribution in [0.2, 0.25) is 5.02 Å². The Balaban J connectivity index is 1.47. The van der Waals surface area contributed by atoms with Gasteiger partial charge in [0.05, 0.1) is 27.6 Å². The van der Waals surface area contributed by atoms with E-state index in [1.165, 1.54) is 0 Å². The predicted molar refractivity (Wildman–Crippen MR) is 120 cm³/mol. The van der Waals surface area contributed by atoms with E-state index in [4.69, 9.17) is 16.0 Å². The van der Waals surface area contributed by atoms with Crippen LogP contribution in [-0.4, -0.2) is 25.1 Å². The number of nitrogens with zero attached hydrogens (tertiary/aromatic N) is 1. The van der Waals surface area contributed by atoms with Crippen LogP contribution in [0.15, 0.2) is 51.9 Å². The van der Waals surface area contributed by atoms with Gasteiger partial charge < -0.3 is 9.73 Å².